The maximum absolute atomic E-state index is 5.98. The van der Waals surface area contributed by atoms with Gasteiger partial charge in [-0.3, -0.25) is 0 Å². The number of imidazole rings is 1. The van der Waals surface area contributed by atoms with Gasteiger partial charge in [-0.25, -0.2) is 4.98 Å². The van der Waals surface area contributed by atoms with Crippen LogP contribution in [0, 0.1) is 0 Å². The summed E-state index contributed by atoms with van der Waals surface area (Å²) in [5.41, 5.74) is 7.76. The summed E-state index contributed by atoms with van der Waals surface area (Å²) in [6.07, 6.45) is 4.46. The molecule has 0 unspecified atom stereocenters. The van der Waals surface area contributed by atoms with E-state index in [2.05, 4.69) is 9.55 Å². The highest BCUT2D eigenvalue weighted by molar-refractivity contribution is 6.42. The Kier molecular flexibility index (Phi) is 4.05. The van der Waals surface area contributed by atoms with Crippen LogP contribution < -0.4 is 5.73 Å². The zero-order valence-corrected chi connectivity index (χ0v) is 10.7. The second-order valence-corrected chi connectivity index (χ2v) is 4.61. The van der Waals surface area contributed by atoms with Crippen molar-refractivity contribution in [3.63, 3.8) is 0 Å². The molecule has 2 N–H and O–H groups in total. The fraction of sp³-hybridized carbons (Fsp3) is 0.250. The van der Waals surface area contributed by atoms with Crippen molar-refractivity contribution in [2.24, 2.45) is 5.73 Å². The summed E-state index contributed by atoms with van der Waals surface area (Å²) in [6, 6.07) is 5.63. The number of hydrogen-bond donors (Lipinski definition) is 1. The van der Waals surface area contributed by atoms with Crippen LogP contribution in [0.4, 0.5) is 0 Å². The minimum atomic E-state index is 0.572. The van der Waals surface area contributed by atoms with Crippen LogP contribution in [-0.2, 0) is 13.0 Å². The molecule has 90 valence electrons. The van der Waals surface area contributed by atoms with Crippen molar-refractivity contribution in [1.29, 1.82) is 0 Å². The molecule has 2 rings (SSSR count). The number of rotatable bonds is 4. The second-order valence-electron chi connectivity index (χ2n) is 3.80. The molecule has 0 aliphatic rings. The number of benzene rings is 1. The Bertz CT molecular complexity index is 508. The second kappa shape index (κ2) is 5.54. The molecule has 17 heavy (non-hydrogen) atoms. The number of hydrogen-bond acceptors (Lipinski definition) is 2. The molecule has 0 radical (unpaired) electrons. The number of nitrogens with zero attached hydrogens (tertiary/aromatic N) is 2. The van der Waals surface area contributed by atoms with Gasteiger partial charge in [0.25, 0.3) is 0 Å². The fourth-order valence-electron chi connectivity index (χ4n) is 1.68. The van der Waals surface area contributed by atoms with Crippen molar-refractivity contribution < 1.29 is 0 Å². The summed E-state index contributed by atoms with van der Waals surface area (Å²) < 4.78 is 2.06. The first-order chi connectivity index (χ1) is 8.20. The van der Waals surface area contributed by atoms with E-state index in [0.717, 1.165) is 24.2 Å². The van der Waals surface area contributed by atoms with Gasteiger partial charge in [-0.15, -0.1) is 0 Å². The van der Waals surface area contributed by atoms with Crippen LogP contribution in [0.1, 0.15) is 11.3 Å². The largest absolute Gasteiger partial charge is 0.330 e. The first kappa shape index (κ1) is 12.4. The molecule has 1 aromatic carbocycles. The molecule has 0 aliphatic heterocycles. The Labute approximate surface area is 110 Å². The van der Waals surface area contributed by atoms with E-state index in [1.165, 1.54) is 0 Å². The smallest absolute Gasteiger partial charge is 0.0951 e. The van der Waals surface area contributed by atoms with Gasteiger partial charge in [-0.1, -0.05) is 29.3 Å². The summed E-state index contributed by atoms with van der Waals surface area (Å²) >= 11 is 11.9. The molecule has 2 aromatic rings. The predicted octanol–water partition coefficient (Wildman–Crippen LogP) is 2.74. The van der Waals surface area contributed by atoms with Crippen LogP contribution in [-0.4, -0.2) is 16.1 Å². The molecule has 0 aliphatic carbocycles. The van der Waals surface area contributed by atoms with E-state index in [1.54, 1.807) is 12.4 Å². The summed E-state index contributed by atoms with van der Waals surface area (Å²) in [4.78, 5) is 4.13. The van der Waals surface area contributed by atoms with Gasteiger partial charge in [0.2, 0.25) is 0 Å². The lowest BCUT2D eigenvalue weighted by molar-refractivity contribution is 0.733. The molecule has 0 bridgehead atoms. The topological polar surface area (TPSA) is 43.8 Å². The van der Waals surface area contributed by atoms with E-state index >= 15 is 0 Å². The number of aromatic nitrogens is 2. The lowest BCUT2D eigenvalue weighted by Crippen LogP contribution is -2.09. The van der Waals surface area contributed by atoms with Crippen LogP contribution in [0.2, 0.25) is 10.0 Å². The highest BCUT2D eigenvalue weighted by atomic mass is 35.5. The minimum Gasteiger partial charge on any atom is -0.330 e. The van der Waals surface area contributed by atoms with Crippen LogP contribution in [0.3, 0.4) is 0 Å². The number of halogens is 2. The quantitative estimate of drug-likeness (QED) is 0.928. The molecule has 0 atom stereocenters. The van der Waals surface area contributed by atoms with Gasteiger partial charge < -0.3 is 10.3 Å². The SMILES string of the molecule is NCCc1cncn1Cc1ccc(Cl)c(Cl)c1. The first-order valence-corrected chi connectivity index (χ1v) is 6.09. The average molecular weight is 270 g/mol. The summed E-state index contributed by atoms with van der Waals surface area (Å²) in [5, 5.41) is 1.15. The van der Waals surface area contributed by atoms with E-state index in [1.807, 2.05) is 18.3 Å². The van der Waals surface area contributed by atoms with Crippen LogP contribution in [0.15, 0.2) is 30.7 Å². The minimum absolute atomic E-state index is 0.572. The van der Waals surface area contributed by atoms with Gasteiger partial charge in [-0.05, 0) is 24.2 Å². The third-order valence-corrected chi connectivity index (χ3v) is 3.27. The highest BCUT2D eigenvalue weighted by Gasteiger charge is 2.04. The molecule has 0 saturated carbocycles. The maximum atomic E-state index is 5.98. The Morgan fingerprint density at radius 1 is 1.24 bits per heavy atom. The zero-order chi connectivity index (χ0) is 12.3. The van der Waals surface area contributed by atoms with Crippen molar-refractivity contribution in [3.8, 4) is 0 Å². The lowest BCUT2D eigenvalue weighted by Gasteiger charge is -2.08. The molecule has 0 fully saturated rings. The Morgan fingerprint density at radius 3 is 2.76 bits per heavy atom. The van der Waals surface area contributed by atoms with Crippen molar-refractivity contribution in [3.05, 3.63) is 52.0 Å². The average Bonchev–Trinajstić information content (AvgIpc) is 2.72. The molecular weight excluding hydrogens is 257 g/mol. The maximum Gasteiger partial charge on any atom is 0.0951 e. The van der Waals surface area contributed by atoms with Crippen LogP contribution in [0.25, 0.3) is 0 Å². The van der Waals surface area contributed by atoms with Gasteiger partial charge in [0.05, 0.1) is 16.4 Å². The van der Waals surface area contributed by atoms with E-state index in [-0.39, 0.29) is 0 Å². The van der Waals surface area contributed by atoms with E-state index in [9.17, 15) is 0 Å². The molecule has 0 amide bonds. The van der Waals surface area contributed by atoms with Crippen LogP contribution in [0.5, 0.6) is 0 Å². The molecule has 0 spiro atoms. The third kappa shape index (κ3) is 3.00. The molecule has 1 aromatic heterocycles. The first-order valence-electron chi connectivity index (χ1n) is 5.33. The monoisotopic (exact) mass is 269 g/mol. The van der Waals surface area contributed by atoms with Crippen LogP contribution >= 0.6 is 23.2 Å². The Balaban J connectivity index is 2.19. The zero-order valence-electron chi connectivity index (χ0n) is 9.24. The predicted molar refractivity (Wildman–Crippen MR) is 70.5 cm³/mol. The molecule has 0 saturated heterocycles. The molecule has 5 heteroatoms. The van der Waals surface area contributed by atoms with Crippen molar-refractivity contribution in [2.45, 2.75) is 13.0 Å². The summed E-state index contributed by atoms with van der Waals surface area (Å²) in [6.45, 7) is 1.35. The molecule has 1 heterocycles. The van der Waals surface area contributed by atoms with Gasteiger partial charge >= 0.3 is 0 Å². The lowest BCUT2D eigenvalue weighted by atomic mass is 10.2. The van der Waals surface area contributed by atoms with Gasteiger partial charge in [-0.2, -0.15) is 0 Å². The van der Waals surface area contributed by atoms with Gasteiger partial charge in [0.15, 0.2) is 0 Å². The van der Waals surface area contributed by atoms with Gasteiger partial charge in [0, 0.05) is 24.9 Å². The Hall–Kier alpha value is -1.03. The van der Waals surface area contributed by atoms with E-state index in [4.69, 9.17) is 28.9 Å². The fourth-order valence-corrected chi connectivity index (χ4v) is 2.00. The standard InChI is InChI=1S/C12H13Cl2N3/c13-11-2-1-9(5-12(11)14)7-17-8-16-6-10(17)3-4-15/h1-2,5-6,8H,3-4,7,15H2. The number of nitrogens with two attached hydrogens (primary N) is 1. The van der Waals surface area contributed by atoms with Gasteiger partial charge in [0.1, 0.15) is 0 Å². The molecular formula is C12H13Cl2N3. The van der Waals surface area contributed by atoms with E-state index in [0.29, 0.717) is 16.6 Å². The normalized spacial score (nSPS) is 10.8. The highest BCUT2D eigenvalue weighted by Crippen LogP contribution is 2.23. The van der Waals surface area contributed by atoms with Crippen molar-refractivity contribution in [2.75, 3.05) is 6.54 Å². The summed E-state index contributed by atoms with van der Waals surface area (Å²) in [7, 11) is 0. The Morgan fingerprint density at radius 2 is 2.06 bits per heavy atom. The third-order valence-electron chi connectivity index (χ3n) is 2.54. The summed E-state index contributed by atoms with van der Waals surface area (Å²) in [5.74, 6) is 0. The van der Waals surface area contributed by atoms with Crippen molar-refractivity contribution >= 4 is 23.2 Å². The van der Waals surface area contributed by atoms with Crippen molar-refractivity contribution in [1.82, 2.24) is 9.55 Å². The van der Waals surface area contributed by atoms with E-state index < -0.39 is 0 Å². The molecule has 3 nitrogen and oxygen atoms in total.